The van der Waals surface area contributed by atoms with Gasteiger partial charge in [0.15, 0.2) is 0 Å². The van der Waals surface area contributed by atoms with Gasteiger partial charge in [0.05, 0.1) is 12.6 Å². The van der Waals surface area contributed by atoms with Crippen molar-refractivity contribution in [2.45, 2.75) is 25.3 Å². The Bertz CT molecular complexity index is 186. The fraction of sp³-hybridized carbons (Fsp3) is 0.889. The molecular formula is C9H17NO4. The van der Waals surface area contributed by atoms with Gasteiger partial charge in [-0.1, -0.05) is 0 Å². The maximum absolute atomic E-state index is 10.8. The molecule has 0 aromatic carbocycles. The van der Waals surface area contributed by atoms with Crippen LogP contribution in [0.1, 0.15) is 19.3 Å². The molecule has 1 fully saturated rings. The standard InChI is InChI=1S/C9H17NO4/c1-13-7-14-6-8-4-2-3-5-10(8)9(11)12/h8H,2-7H2,1H3,(H,11,12). The summed E-state index contributed by atoms with van der Waals surface area (Å²) in [6.07, 6.45) is 2.06. The molecule has 0 bridgehead atoms. The minimum atomic E-state index is -0.851. The van der Waals surface area contributed by atoms with E-state index >= 15 is 0 Å². The van der Waals surface area contributed by atoms with Gasteiger partial charge in [-0.25, -0.2) is 4.79 Å². The summed E-state index contributed by atoms with van der Waals surface area (Å²) in [5.41, 5.74) is 0. The van der Waals surface area contributed by atoms with Crippen LogP contribution in [0.15, 0.2) is 0 Å². The molecule has 1 aliphatic rings. The fourth-order valence-electron chi connectivity index (χ4n) is 1.69. The van der Waals surface area contributed by atoms with E-state index in [-0.39, 0.29) is 12.8 Å². The van der Waals surface area contributed by atoms with Gasteiger partial charge in [0.25, 0.3) is 0 Å². The van der Waals surface area contributed by atoms with E-state index in [9.17, 15) is 4.79 Å². The first-order valence-corrected chi connectivity index (χ1v) is 4.82. The van der Waals surface area contributed by atoms with Gasteiger partial charge < -0.3 is 19.5 Å². The fourth-order valence-corrected chi connectivity index (χ4v) is 1.69. The predicted octanol–water partition coefficient (Wildman–Crippen LogP) is 1.14. The van der Waals surface area contributed by atoms with Crippen molar-refractivity contribution in [3.8, 4) is 0 Å². The van der Waals surface area contributed by atoms with Crippen LogP contribution in [0.4, 0.5) is 4.79 Å². The molecule has 0 aliphatic carbocycles. The molecule has 14 heavy (non-hydrogen) atoms. The lowest BCUT2D eigenvalue weighted by Gasteiger charge is -2.33. The highest BCUT2D eigenvalue weighted by Gasteiger charge is 2.26. The number of piperidine rings is 1. The smallest absolute Gasteiger partial charge is 0.407 e. The molecule has 1 unspecified atom stereocenters. The molecule has 5 nitrogen and oxygen atoms in total. The van der Waals surface area contributed by atoms with E-state index < -0.39 is 6.09 Å². The Balaban J connectivity index is 2.34. The third-order valence-electron chi connectivity index (χ3n) is 2.38. The number of methoxy groups -OCH3 is 1. The monoisotopic (exact) mass is 203 g/mol. The van der Waals surface area contributed by atoms with Crippen molar-refractivity contribution in [3.63, 3.8) is 0 Å². The van der Waals surface area contributed by atoms with Crippen LogP contribution in [0.3, 0.4) is 0 Å². The normalized spacial score (nSPS) is 22.4. The summed E-state index contributed by atoms with van der Waals surface area (Å²) in [6.45, 7) is 1.28. The predicted molar refractivity (Wildman–Crippen MR) is 50.2 cm³/mol. The minimum Gasteiger partial charge on any atom is -0.465 e. The average molecular weight is 203 g/mol. The number of carboxylic acid groups (broad SMARTS) is 1. The lowest BCUT2D eigenvalue weighted by molar-refractivity contribution is -0.0536. The van der Waals surface area contributed by atoms with Gasteiger partial charge in [-0.05, 0) is 19.3 Å². The first-order chi connectivity index (χ1) is 6.75. The Labute approximate surface area is 83.6 Å². The van der Waals surface area contributed by atoms with Gasteiger partial charge in [-0.15, -0.1) is 0 Å². The van der Waals surface area contributed by atoms with E-state index in [1.54, 1.807) is 7.11 Å². The molecule has 82 valence electrons. The Morgan fingerprint density at radius 3 is 3.00 bits per heavy atom. The van der Waals surface area contributed by atoms with Crippen molar-refractivity contribution in [1.29, 1.82) is 0 Å². The summed E-state index contributed by atoms with van der Waals surface area (Å²) in [7, 11) is 1.55. The van der Waals surface area contributed by atoms with Gasteiger partial charge >= 0.3 is 6.09 Å². The van der Waals surface area contributed by atoms with Crippen molar-refractivity contribution >= 4 is 6.09 Å². The lowest BCUT2D eigenvalue weighted by atomic mass is 10.0. The molecule has 0 aromatic heterocycles. The number of hydrogen-bond donors (Lipinski definition) is 1. The quantitative estimate of drug-likeness (QED) is 0.550. The van der Waals surface area contributed by atoms with Gasteiger partial charge in [0.2, 0.25) is 0 Å². The number of hydrogen-bond acceptors (Lipinski definition) is 3. The van der Waals surface area contributed by atoms with E-state index in [2.05, 4.69) is 0 Å². The molecule has 0 aromatic rings. The SMILES string of the molecule is COCOCC1CCCCN1C(=O)O. The van der Waals surface area contributed by atoms with E-state index in [4.69, 9.17) is 14.6 Å². The van der Waals surface area contributed by atoms with E-state index in [0.29, 0.717) is 13.2 Å². The number of ether oxygens (including phenoxy) is 2. The number of likely N-dealkylation sites (tertiary alicyclic amines) is 1. The van der Waals surface area contributed by atoms with E-state index in [0.717, 1.165) is 19.3 Å². The molecule has 0 spiro atoms. The summed E-state index contributed by atoms with van der Waals surface area (Å²) in [5.74, 6) is 0. The Morgan fingerprint density at radius 2 is 2.36 bits per heavy atom. The Morgan fingerprint density at radius 1 is 1.57 bits per heavy atom. The second-order valence-corrected chi connectivity index (χ2v) is 3.40. The van der Waals surface area contributed by atoms with Crippen molar-refractivity contribution in [1.82, 2.24) is 4.90 Å². The molecule has 5 heteroatoms. The number of nitrogens with zero attached hydrogens (tertiary/aromatic N) is 1. The summed E-state index contributed by atoms with van der Waals surface area (Å²) in [6, 6.07) is -0.00333. The minimum absolute atomic E-state index is 0.00333. The van der Waals surface area contributed by atoms with Crippen LogP contribution in [0.5, 0.6) is 0 Å². The topological polar surface area (TPSA) is 59.0 Å². The van der Waals surface area contributed by atoms with Crippen LogP contribution in [0, 0.1) is 0 Å². The number of rotatable bonds is 4. The molecule has 1 saturated heterocycles. The molecule has 1 N–H and O–H groups in total. The van der Waals surface area contributed by atoms with Gasteiger partial charge in [0, 0.05) is 13.7 Å². The summed E-state index contributed by atoms with van der Waals surface area (Å²) < 4.78 is 9.92. The molecule has 0 saturated carbocycles. The molecule has 0 radical (unpaired) electrons. The van der Waals surface area contributed by atoms with Crippen molar-refractivity contribution in [3.05, 3.63) is 0 Å². The second-order valence-electron chi connectivity index (χ2n) is 3.40. The molecule has 1 rings (SSSR count). The Kier molecular flexibility index (Phi) is 4.69. The van der Waals surface area contributed by atoms with Crippen molar-refractivity contribution < 1.29 is 19.4 Å². The van der Waals surface area contributed by atoms with Crippen LogP contribution in [0.25, 0.3) is 0 Å². The van der Waals surface area contributed by atoms with Crippen LogP contribution >= 0.6 is 0 Å². The lowest BCUT2D eigenvalue weighted by Crippen LogP contribution is -2.45. The largest absolute Gasteiger partial charge is 0.465 e. The second kappa shape index (κ2) is 5.82. The van der Waals surface area contributed by atoms with Crippen molar-refractivity contribution in [2.24, 2.45) is 0 Å². The maximum Gasteiger partial charge on any atom is 0.407 e. The van der Waals surface area contributed by atoms with E-state index in [1.165, 1.54) is 4.90 Å². The van der Waals surface area contributed by atoms with Crippen LogP contribution in [-0.2, 0) is 9.47 Å². The average Bonchev–Trinajstić information content (AvgIpc) is 2.19. The third-order valence-corrected chi connectivity index (χ3v) is 2.38. The zero-order chi connectivity index (χ0) is 10.4. The van der Waals surface area contributed by atoms with Crippen LogP contribution < -0.4 is 0 Å². The summed E-state index contributed by atoms with van der Waals surface area (Å²) in [5, 5.41) is 8.90. The summed E-state index contributed by atoms with van der Waals surface area (Å²) >= 11 is 0. The maximum atomic E-state index is 10.8. The third kappa shape index (κ3) is 3.16. The van der Waals surface area contributed by atoms with Gasteiger partial charge in [-0.2, -0.15) is 0 Å². The van der Waals surface area contributed by atoms with Gasteiger partial charge in [-0.3, -0.25) is 0 Å². The highest BCUT2D eigenvalue weighted by atomic mass is 16.7. The summed E-state index contributed by atoms with van der Waals surface area (Å²) in [4.78, 5) is 12.3. The molecule has 1 amide bonds. The highest BCUT2D eigenvalue weighted by molar-refractivity contribution is 5.65. The molecular weight excluding hydrogens is 186 g/mol. The number of amides is 1. The molecule has 1 aliphatic heterocycles. The zero-order valence-corrected chi connectivity index (χ0v) is 8.44. The van der Waals surface area contributed by atoms with Gasteiger partial charge in [0.1, 0.15) is 6.79 Å². The van der Waals surface area contributed by atoms with Crippen LogP contribution in [0.2, 0.25) is 0 Å². The molecule has 1 atom stereocenters. The first kappa shape index (κ1) is 11.3. The highest BCUT2D eigenvalue weighted by Crippen LogP contribution is 2.17. The Hall–Kier alpha value is -0.810. The van der Waals surface area contributed by atoms with E-state index in [1.807, 2.05) is 0 Å². The zero-order valence-electron chi connectivity index (χ0n) is 8.44. The number of carbonyl (C=O) groups is 1. The van der Waals surface area contributed by atoms with Crippen molar-refractivity contribution in [2.75, 3.05) is 27.1 Å². The molecule has 1 heterocycles. The first-order valence-electron chi connectivity index (χ1n) is 4.82. The van der Waals surface area contributed by atoms with Crippen LogP contribution in [-0.4, -0.2) is 49.2 Å².